The highest BCUT2D eigenvalue weighted by Gasteiger charge is 2.05. The quantitative estimate of drug-likeness (QED) is 0.804. The number of carbonyl (C=O) groups is 1. The number of rotatable bonds is 6. The van der Waals surface area contributed by atoms with E-state index in [1.165, 1.54) is 0 Å². The van der Waals surface area contributed by atoms with Crippen molar-refractivity contribution in [3.05, 3.63) is 59.8 Å². The van der Waals surface area contributed by atoms with E-state index < -0.39 is 0 Å². The van der Waals surface area contributed by atoms with Gasteiger partial charge in [0.1, 0.15) is 11.5 Å². The molecule has 0 saturated heterocycles. The Balaban J connectivity index is 1.90. The molecular weight excluding hydrogens is 292 g/mol. The summed E-state index contributed by atoms with van der Waals surface area (Å²) in [6, 6.07) is 12.9. The lowest BCUT2D eigenvalue weighted by atomic mass is 10.1. The van der Waals surface area contributed by atoms with E-state index in [0.29, 0.717) is 11.4 Å². The van der Waals surface area contributed by atoms with Gasteiger partial charge in [0, 0.05) is 6.20 Å². The van der Waals surface area contributed by atoms with Gasteiger partial charge in [0.05, 0.1) is 26.3 Å². The highest BCUT2D eigenvalue weighted by Crippen LogP contribution is 2.22. The van der Waals surface area contributed by atoms with Gasteiger partial charge < -0.3 is 20.5 Å². The van der Waals surface area contributed by atoms with Crippen molar-refractivity contribution in [3.63, 3.8) is 0 Å². The van der Waals surface area contributed by atoms with Gasteiger partial charge in [-0.05, 0) is 41.5 Å². The molecule has 5 nitrogen and oxygen atoms in total. The maximum Gasteiger partial charge on any atom is 0.228 e. The summed E-state index contributed by atoms with van der Waals surface area (Å²) in [6.45, 7) is 0. The number of hydrogen-bond acceptors (Lipinski definition) is 4. The zero-order chi connectivity index (χ0) is 16.7. The van der Waals surface area contributed by atoms with Crippen LogP contribution in [0.4, 0.5) is 5.69 Å². The van der Waals surface area contributed by atoms with E-state index in [1.807, 2.05) is 36.4 Å². The van der Waals surface area contributed by atoms with Crippen molar-refractivity contribution in [2.24, 2.45) is 0 Å². The normalized spacial score (nSPS) is 10.5. The lowest BCUT2D eigenvalue weighted by Gasteiger charge is -2.07. The molecule has 0 unspecified atom stereocenters. The van der Waals surface area contributed by atoms with Crippen LogP contribution in [0.1, 0.15) is 11.1 Å². The van der Waals surface area contributed by atoms with Gasteiger partial charge in [0.2, 0.25) is 5.91 Å². The standard InChI is InChI=1S/C18H20N2O3/c1-22-15-6-3-13(4-7-15)9-10-20-18(21)12-14-5-8-16(19)17(11-14)23-2/h3-11H,12,19H2,1-2H3,(H,20,21)/b10-9+. The van der Waals surface area contributed by atoms with Gasteiger partial charge in [-0.2, -0.15) is 0 Å². The molecule has 0 bridgehead atoms. The Morgan fingerprint density at radius 2 is 1.87 bits per heavy atom. The number of benzene rings is 2. The molecule has 3 N–H and O–H groups in total. The summed E-state index contributed by atoms with van der Waals surface area (Å²) in [6.07, 6.45) is 3.70. The Hall–Kier alpha value is -2.95. The lowest BCUT2D eigenvalue weighted by Crippen LogP contribution is -2.19. The second kappa shape index (κ2) is 7.89. The van der Waals surface area contributed by atoms with E-state index in [2.05, 4.69) is 5.32 Å². The van der Waals surface area contributed by atoms with Crippen molar-refractivity contribution in [3.8, 4) is 11.5 Å². The average molecular weight is 312 g/mol. The third-order valence-corrected chi connectivity index (χ3v) is 3.30. The number of amides is 1. The molecule has 23 heavy (non-hydrogen) atoms. The molecule has 0 aromatic heterocycles. The Kier molecular flexibility index (Phi) is 5.63. The van der Waals surface area contributed by atoms with Gasteiger partial charge in [0.25, 0.3) is 0 Å². The first-order valence-electron chi connectivity index (χ1n) is 7.14. The number of hydrogen-bond donors (Lipinski definition) is 2. The molecular formula is C18H20N2O3. The summed E-state index contributed by atoms with van der Waals surface area (Å²) in [5.41, 5.74) is 8.11. The monoisotopic (exact) mass is 312 g/mol. The molecule has 120 valence electrons. The van der Waals surface area contributed by atoms with Crippen LogP contribution in [0.2, 0.25) is 0 Å². The maximum absolute atomic E-state index is 11.9. The van der Waals surface area contributed by atoms with Gasteiger partial charge in [-0.25, -0.2) is 0 Å². The molecule has 5 heteroatoms. The highest BCUT2D eigenvalue weighted by atomic mass is 16.5. The Morgan fingerprint density at radius 1 is 1.13 bits per heavy atom. The van der Waals surface area contributed by atoms with Crippen LogP contribution in [0.15, 0.2) is 48.7 Å². The smallest absolute Gasteiger partial charge is 0.228 e. The number of nitrogens with one attached hydrogen (secondary N) is 1. The Morgan fingerprint density at radius 3 is 2.52 bits per heavy atom. The van der Waals surface area contributed by atoms with Crippen molar-refractivity contribution in [2.45, 2.75) is 6.42 Å². The molecule has 2 aromatic rings. The van der Waals surface area contributed by atoms with Crippen LogP contribution in [0.3, 0.4) is 0 Å². The van der Waals surface area contributed by atoms with Crippen LogP contribution in [0, 0.1) is 0 Å². The molecule has 0 aliphatic carbocycles. The van der Waals surface area contributed by atoms with Crippen LogP contribution < -0.4 is 20.5 Å². The number of nitrogen functional groups attached to an aromatic ring is 1. The molecule has 0 radical (unpaired) electrons. The fourth-order valence-electron chi connectivity index (χ4n) is 2.05. The summed E-state index contributed by atoms with van der Waals surface area (Å²) in [5.74, 6) is 1.26. The summed E-state index contributed by atoms with van der Waals surface area (Å²) in [4.78, 5) is 11.9. The van der Waals surface area contributed by atoms with Gasteiger partial charge in [-0.3, -0.25) is 4.79 Å². The minimum absolute atomic E-state index is 0.110. The van der Waals surface area contributed by atoms with Crippen molar-refractivity contribution < 1.29 is 14.3 Å². The van der Waals surface area contributed by atoms with Crippen LogP contribution in [-0.4, -0.2) is 20.1 Å². The van der Waals surface area contributed by atoms with Crippen molar-refractivity contribution in [2.75, 3.05) is 20.0 Å². The van der Waals surface area contributed by atoms with Crippen LogP contribution in [0.25, 0.3) is 6.08 Å². The molecule has 2 rings (SSSR count). The third-order valence-electron chi connectivity index (χ3n) is 3.30. The zero-order valence-electron chi connectivity index (χ0n) is 13.2. The van der Waals surface area contributed by atoms with Gasteiger partial charge in [0.15, 0.2) is 0 Å². The molecule has 2 aromatic carbocycles. The molecule has 0 aliphatic heterocycles. The first-order chi connectivity index (χ1) is 11.1. The van der Waals surface area contributed by atoms with E-state index in [0.717, 1.165) is 16.9 Å². The van der Waals surface area contributed by atoms with E-state index in [9.17, 15) is 4.79 Å². The minimum Gasteiger partial charge on any atom is -0.497 e. The minimum atomic E-state index is -0.110. The Labute approximate surface area is 135 Å². The molecule has 0 saturated carbocycles. The predicted molar refractivity (Wildman–Crippen MR) is 91.3 cm³/mol. The van der Waals surface area contributed by atoms with Crippen molar-refractivity contribution in [1.82, 2.24) is 5.32 Å². The summed E-state index contributed by atoms with van der Waals surface area (Å²) in [5, 5.41) is 2.74. The van der Waals surface area contributed by atoms with Crippen LogP contribution in [0.5, 0.6) is 11.5 Å². The van der Waals surface area contributed by atoms with E-state index in [1.54, 1.807) is 32.6 Å². The molecule has 0 aliphatic rings. The molecule has 1 amide bonds. The van der Waals surface area contributed by atoms with Crippen molar-refractivity contribution in [1.29, 1.82) is 0 Å². The molecule has 0 spiro atoms. The van der Waals surface area contributed by atoms with Gasteiger partial charge >= 0.3 is 0 Å². The maximum atomic E-state index is 11.9. The highest BCUT2D eigenvalue weighted by molar-refractivity contribution is 5.80. The SMILES string of the molecule is COc1ccc(/C=C/NC(=O)Cc2ccc(N)c(OC)c2)cc1. The van der Waals surface area contributed by atoms with E-state index >= 15 is 0 Å². The zero-order valence-corrected chi connectivity index (χ0v) is 13.2. The summed E-state index contributed by atoms with van der Waals surface area (Å²) < 4.78 is 10.2. The fourth-order valence-corrected chi connectivity index (χ4v) is 2.05. The number of methoxy groups -OCH3 is 2. The first kappa shape index (κ1) is 16.4. The lowest BCUT2D eigenvalue weighted by molar-refractivity contribution is -0.119. The second-order valence-electron chi connectivity index (χ2n) is 4.93. The number of ether oxygens (including phenoxy) is 2. The molecule has 0 heterocycles. The largest absolute Gasteiger partial charge is 0.497 e. The number of nitrogens with two attached hydrogens (primary N) is 1. The molecule has 0 fully saturated rings. The van der Waals surface area contributed by atoms with Gasteiger partial charge in [-0.15, -0.1) is 0 Å². The first-order valence-corrected chi connectivity index (χ1v) is 7.14. The second-order valence-corrected chi connectivity index (χ2v) is 4.93. The average Bonchev–Trinajstić information content (AvgIpc) is 2.57. The third kappa shape index (κ3) is 4.78. The van der Waals surface area contributed by atoms with E-state index in [4.69, 9.17) is 15.2 Å². The topological polar surface area (TPSA) is 73.6 Å². The Bertz CT molecular complexity index is 694. The van der Waals surface area contributed by atoms with E-state index in [-0.39, 0.29) is 12.3 Å². The number of anilines is 1. The molecule has 0 atom stereocenters. The predicted octanol–water partition coefficient (Wildman–Crippen LogP) is 2.62. The fraction of sp³-hybridized carbons (Fsp3) is 0.167. The van der Waals surface area contributed by atoms with Crippen molar-refractivity contribution >= 4 is 17.7 Å². The van der Waals surface area contributed by atoms with Crippen LogP contribution in [-0.2, 0) is 11.2 Å². The van der Waals surface area contributed by atoms with Gasteiger partial charge in [-0.1, -0.05) is 18.2 Å². The summed E-state index contributed by atoms with van der Waals surface area (Å²) >= 11 is 0. The van der Waals surface area contributed by atoms with Crippen LogP contribution >= 0.6 is 0 Å². The number of carbonyl (C=O) groups excluding carboxylic acids is 1. The summed E-state index contributed by atoms with van der Waals surface area (Å²) in [7, 11) is 3.17.